The van der Waals surface area contributed by atoms with Gasteiger partial charge in [-0.1, -0.05) is 32.0 Å². The van der Waals surface area contributed by atoms with Crippen LogP contribution in [0.2, 0.25) is 0 Å². The molecule has 0 aliphatic heterocycles. The van der Waals surface area contributed by atoms with Gasteiger partial charge in [-0.05, 0) is 35.1 Å². The standard InChI is InChI=1S/C16H19NOS/c1-12(2)13-6-8-14(9-7-13)16(18)17(3)11-15-5-4-10-19-15/h4-10,12H,11H2,1-3H3. The number of hydrogen-bond acceptors (Lipinski definition) is 2. The van der Waals surface area contributed by atoms with Crippen LogP contribution in [0.3, 0.4) is 0 Å². The predicted molar refractivity (Wildman–Crippen MR) is 80.6 cm³/mol. The molecule has 1 heterocycles. The van der Waals surface area contributed by atoms with Crippen LogP contribution in [0.15, 0.2) is 41.8 Å². The Kier molecular flexibility index (Phi) is 4.38. The average Bonchev–Trinajstić information content (AvgIpc) is 2.90. The topological polar surface area (TPSA) is 20.3 Å². The third kappa shape index (κ3) is 3.44. The Labute approximate surface area is 118 Å². The van der Waals surface area contributed by atoms with E-state index in [1.165, 1.54) is 10.4 Å². The summed E-state index contributed by atoms with van der Waals surface area (Å²) >= 11 is 1.68. The van der Waals surface area contributed by atoms with Crippen LogP contribution < -0.4 is 0 Å². The Morgan fingerprint density at radius 3 is 2.42 bits per heavy atom. The van der Waals surface area contributed by atoms with Gasteiger partial charge in [0.05, 0.1) is 6.54 Å². The molecule has 100 valence electrons. The Balaban J connectivity index is 2.06. The van der Waals surface area contributed by atoms with Gasteiger partial charge in [-0.3, -0.25) is 4.79 Å². The van der Waals surface area contributed by atoms with Gasteiger partial charge in [0, 0.05) is 17.5 Å². The van der Waals surface area contributed by atoms with E-state index < -0.39 is 0 Å². The van der Waals surface area contributed by atoms with Gasteiger partial charge >= 0.3 is 0 Å². The quantitative estimate of drug-likeness (QED) is 0.819. The molecule has 1 aromatic carbocycles. The second-order valence-corrected chi connectivity index (χ2v) is 6.05. The minimum Gasteiger partial charge on any atom is -0.337 e. The van der Waals surface area contributed by atoms with Crippen molar-refractivity contribution in [1.29, 1.82) is 0 Å². The lowest BCUT2D eigenvalue weighted by atomic mass is 10.0. The predicted octanol–water partition coefficient (Wildman–Crippen LogP) is 4.14. The molecule has 1 aromatic heterocycles. The molecular formula is C16H19NOS. The minimum atomic E-state index is 0.0729. The van der Waals surface area contributed by atoms with Crippen molar-refractivity contribution in [3.63, 3.8) is 0 Å². The van der Waals surface area contributed by atoms with Crippen molar-refractivity contribution >= 4 is 17.2 Å². The summed E-state index contributed by atoms with van der Waals surface area (Å²) in [5, 5.41) is 2.03. The van der Waals surface area contributed by atoms with Crippen LogP contribution in [0.1, 0.15) is 40.6 Å². The summed E-state index contributed by atoms with van der Waals surface area (Å²) in [7, 11) is 1.85. The third-order valence-corrected chi connectivity index (χ3v) is 4.01. The molecule has 0 N–H and O–H groups in total. The van der Waals surface area contributed by atoms with E-state index in [0.717, 1.165) is 5.56 Å². The molecular weight excluding hydrogens is 254 g/mol. The highest BCUT2D eigenvalue weighted by molar-refractivity contribution is 7.09. The maximum absolute atomic E-state index is 12.3. The van der Waals surface area contributed by atoms with Crippen molar-refractivity contribution in [3.8, 4) is 0 Å². The van der Waals surface area contributed by atoms with Crippen molar-refractivity contribution in [2.75, 3.05) is 7.05 Å². The maximum atomic E-state index is 12.3. The van der Waals surface area contributed by atoms with Gasteiger partial charge in [0.25, 0.3) is 5.91 Å². The molecule has 0 unspecified atom stereocenters. The molecule has 0 aliphatic rings. The van der Waals surface area contributed by atoms with E-state index in [9.17, 15) is 4.79 Å². The highest BCUT2D eigenvalue weighted by Gasteiger charge is 2.12. The van der Waals surface area contributed by atoms with Crippen molar-refractivity contribution in [2.45, 2.75) is 26.3 Å². The molecule has 0 fully saturated rings. The fraction of sp³-hybridized carbons (Fsp3) is 0.312. The van der Waals surface area contributed by atoms with E-state index in [2.05, 4.69) is 19.9 Å². The molecule has 1 amide bonds. The molecule has 2 nitrogen and oxygen atoms in total. The average molecular weight is 273 g/mol. The molecule has 0 radical (unpaired) electrons. The smallest absolute Gasteiger partial charge is 0.253 e. The van der Waals surface area contributed by atoms with Crippen LogP contribution in [-0.4, -0.2) is 17.9 Å². The lowest BCUT2D eigenvalue weighted by molar-refractivity contribution is 0.0786. The molecule has 0 saturated carbocycles. The molecule has 2 aromatic rings. The molecule has 19 heavy (non-hydrogen) atoms. The summed E-state index contributed by atoms with van der Waals surface area (Å²) in [6.07, 6.45) is 0. The van der Waals surface area contributed by atoms with E-state index in [1.54, 1.807) is 16.2 Å². The largest absolute Gasteiger partial charge is 0.337 e. The van der Waals surface area contributed by atoms with Gasteiger partial charge in [0.1, 0.15) is 0 Å². The number of carbonyl (C=O) groups excluding carboxylic acids is 1. The molecule has 3 heteroatoms. The van der Waals surface area contributed by atoms with Crippen LogP contribution >= 0.6 is 11.3 Å². The van der Waals surface area contributed by atoms with Gasteiger partial charge in [-0.2, -0.15) is 0 Å². The maximum Gasteiger partial charge on any atom is 0.253 e. The number of rotatable bonds is 4. The van der Waals surface area contributed by atoms with Gasteiger partial charge in [0.15, 0.2) is 0 Å². The van der Waals surface area contributed by atoms with Crippen molar-refractivity contribution in [3.05, 3.63) is 57.8 Å². The normalized spacial score (nSPS) is 10.7. The second kappa shape index (κ2) is 6.02. The fourth-order valence-corrected chi connectivity index (χ4v) is 2.70. The van der Waals surface area contributed by atoms with Crippen LogP contribution in [0, 0.1) is 0 Å². The van der Waals surface area contributed by atoms with Crippen LogP contribution in [0.25, 0.3) is 0 Å². The van der Waals surface area contributed by atoms with E-state index in [-0.39, 0.29) is 5.91 Å². The summed E-state index contributed by atoms with van der Waals surface area (Å²) in [6.45, 7) is 4.97. The van der Waals surface area contributed by atoms with Crippen LogP contribution in [0.5, 0.6) is 0 Å². The summed E-state index contributed by atoms with van der Waals surface area (Å²) in [6, 6.07) is 12.0. The SMILES string of the molecule is CC(C)c1ccc(C(=O)N(C)Cc2cccs2)cc1. The molecule has 2 rings (SSSR count). The summed E-state index contributed by atoms with van der Waals surface area (Å²) in [5.74, 6) is 0.566. The Morgan fingerprint density at radius 2 is 1.89 bits per heavy atom. The van der Waals surface area contributed by atoms with E-state index in [0.29, 0.717) is 12.5 Å². The first-order chi connectivity index (χ1) is 9.08. The third-order valence-electron chi connectivity index (χ3n) is 3.14. The Hall–Kier alpha value is -1.61. The molecule has 0 aliphatic carbocycles. The zero-order chi connectivity index (χ0) is 13.8. The zero-order valence-corrected chi connectivity index (χ0v) is 12.4. The lowest BCUT2D eigenvalue weighted by Gasteiger charge is -2.16. The molecule has 0 saturated heterocycles. The van der Waals surface area contributed by atoms with E-state index in [4.69, 9.17) is 0 Å². The van der Waals surface area contributed by atoms with E-state index >= 15 is 0 Å². The van der Waals surface area contributed by atoms with Crippen molar-refractivity contribution in [1.82, 2.24) is 4.90 Å². The van der Waals surface area contributed by atoms with E-state index in [1.807, 2.05) is 42.8 Å². The van der Waals surface area contributed by atoms with Crippen molar-refractivity contribution < 1.29 is 4.79 Å². The van der Waals surface area contributed by atoms with Gasteiger partial charge in [-0.15, -0.1) is 11.3 Å². The highest BCUT2D eigenvalue weighted by Crippen LogP contribution is 2.17. The molecule has 0 spiro atoms. The molecule has 0 bridgehead atoms. The number of nitrogens with zero attached hydrogens (tertiary/aromatic N) is 1. The summed E-state index contributed by atoms with van der Waals surface area (Å²) < 4.78 is 0. The van der Waals surface area contributed by atoms with Gasteiger partial charge in [0.2, 0.25) is 0 Å². The monoisotopic (exact) mass is 273 g/mol. The number of amides is 1. The first kappa shape index (κ1) is 13.8. The number of hydrogen-bond donors (Lipinski definition) is 0. The lowest BCUT2D eigenvalue weighted by Crippen LogP contribution is -2.25. The highest BCUT2D eigenvalue weighted by atomic mass is 32.1. The van der Waals surface area contributed by atoms with Gasteiger partial charge < -0.3 is 4.90 Å². The van der Waals surface area contributed by atoms with Crippen LogP contribution in [0.4, 0.5) is 0 Å². The number of benzene rings is 1. The minimum absolute atomic E-state index is 0.0729. The Morgan fingerprint density at radius 1 is 1.21 bits per heavy atom. The zero-order valence-electron chi connectivity index (χ0n) is 11.6. The van der Waals surface area contributed by atoms with Crippen LogP contribution in [-0.2, 0) is 6.54 Å². The first-order valence-electron chi connectivity index (χ1n) is 6.45. The number of thiophene rings is 1. The first-order valence-corrected chi connectivity index (χ1v) is 7.33. The second-order valence-electron chi connectivity index (χ2n) is 5.02. The van der Waals surface area contributed by atoms with Crippen molar-refractivity contribution in [2.24, 2.45) is 0 Å². The summed E-state index contributed by atoms with van der Waals surface area (Å²) in [5.41, 5.74) is 2.01. The number of carbonyl (C=O) groups is 1. The van der Waals surface area contributed by atoms with Gasteiger partial charge in [-0.25, -0.2) is 0 Å². The fourth-order valence-electron chi connectivity index (χ4n) is 1.94. The molecule has 0 atom stereocenters. The summed E-state index contributed by atoms with van der Waals surface area (Å²) in [4.78, 5) is 15.2. The Bertz CT molecular complexity index is 528.